The van der Waals surface area contributed by atoms with Crippen molar-refractivity contribution in [3.05, 3.63) is 58.6 Å². The Balaban J connectivity index is 1.58. The van der Waals surface area contributed by atoms with Crippen LogP contribution in [0.2, 0.25) is 5.02 Å². The summed E-state index contributed by atoms with van der Waals surface area (Å²) >= 11 is 9.01. The Morgan fingerprint density at radius 2 is 2.21 bits per heavy atom. The zero-order valence-corrected chi connectivity index (χ0v) is 14.8. The van der Waals surface area contributed by atoms with Crippen LogP contribution in [-0.2, 0) is 10.5 Å². The third kappa shape index (κ3) is 4.12. The highest BCUT2D eigenvalue weighted by molar-refractivity contribution is 8.38. The predicted octanol–water partition coefficient (Wildman–Crippen LogP) is 4.82. The fourth-order valence-electron chi connectivity index (χ4n) is 2.09. The van der Waals surface area contributed by atoms with Gasteiger partial charge in [0.1, 0.15) is 10.4 Å². The Morgan fingerprint density at radius 3 is 3.00 bits per heavy atom. The fourth-order valence-corrected chi connectivity index (χ4v) is 4.18. The molecule has 1 amide bonds. The number of nitrogens with zero attached hydrogens (tertiary/aromatic N) is 2. The van der Waals surface area contributed by atoms with Crippen LogP contribution < -0.4 is 5.32 Å². The molecule has 0 fully saturated rings. The van der Waals surface area contributed by atoms with Gasteiger partial charge in [-0.15, -0.1) is 0 Å². The molecule has 0 bridgehead atoms. The van der Waals surface area contributed by atoms with Crippen LogP contribution in [0.1, 0.15) is 11.1 Å². The topological polar surface area (TPSA) is 65.2 Å². The largest absolute Gasteiger partial charge is 0.325 e. The summed E-state index contributed by atoms with van der Waals surface area (Å²) in [6.07, 6.45) is 0. The molecule has 0 atom stereocenters. The number of carbonyl (C=O) groups excluding carboxylic acids is 1. The van der Waals surface area contributed by atoms with E-state index in [1.54, 1.807) is 30.0 Å². The van der Waals surface area contributed by atoms with Gasteiger partial charge >= 0.3 is 0 Å². The molecule has 120 valence electrons. The second-order valence-electron chi connectivity index (χ2n) is 4.94. The van der Waals surface area contributed by atoms with Crippen molar-refractivity contribution < 1.29 is 4.79 Å². The number of halogens is 1. The fraction of sp³-hybridized carbons (Fsp3) is 0.118. The zero-order chi connectivity index (χ0) is 16.9. The van der Waals surface area contributed by atoms with Crippen LogP contribution in [0.4, 0.5) is 11.4 Å². The number of nitrogens with one attached hydrogen (secondary N) is 1. The maximum absolute atomic E-state index is 12.1. The van der Waals surface area contributed by atoms with E-state index in [4.69, 9.17) is 16.9 Å². The van der Waals surface area contributed by atoms with Crippen molar-refractivity contribution in [1.82, 2.24) is 0 Å². The van der Waals surface area contributed by atoms with E-state index in [2.05, 4.69) is 16.4 Å². The number of nitriles is 1. The molecular weight excluding hydrogens is 362 g/mol. The van der Waals surface area contributed by atoms with E-state index in [9.17, 15) is 4.79 Å². The summed E-state index contributed by atoms with van der Waals surface area (Å²) in [4.78, 5) is 16.6. The summed E-state index contributed by atoms with van der Waals surface area (Å²) in [6, 6.07) is 14.8. The molecule has 7 heteroatoms. The van der Waals surface area contributed by atoms with Crippen LogP contribution in [-0.4, -0.2) is 16.0 Å². The highest BCUT2D eigenvalue weighted by Crippen LogP contribution is 2.34. The van der Waals surface area contributed by atoms with Gasteiger partial charge in [0, 0.05) is 11.4 Å². The van der Waals surface area contributed by atoms with E-state index < -0.39 is 0 Å². The Hall–Kier alpha value is -1.94. The summed E-state index contributed by atoms with van der Waals surface area (Å²) in [5.41, 5.74) is 3.14. The van der Waals surface area contributed by atoms with Gasteiger partial charge in [0.2, 0.25) is 5.91 Å². The average molecular weight is 374 g/mol. The molecule has 0 spiro atoms. The van der Waals surface area contributed by atoms with Crippen molar-refractivity contribution in [3.8, 4) is 6.07 Å². The van der Waals surface area contributed by atoms with E-state index >= 15 is 0 Å². The number of hydrogen-bond acceptors (Lipinski definition) is 5. The van der Waals surface area contributed by atoms with Gasteiger partial charge in [-0.3, -0.25) is 4.79 Å². The normalized spacial score (nSPS) is 12.8. The van der Waals surface area contributed by atoms with Crippen molar-refractivity contribution in [2.75, 3.05) is 11.1 Å². The molecule has 0 unspecified atom stereocenters. The number of hydrogen-bond donors (Lipinski definition) is 1. The van der Waals surface area contributed by atoms with Gasteiger partial charge in [0.05, 0.1) is 22.0 Å². The molecular formula is C17H12ClN3OS2. The molecule has 1 N–H and O–H groups in total. The summed E-state index contributed by atoms with van der Waals surface area (Å²) in [5, 5.41) is 11.9. The molecule has 3 rings (SSSR count). The number of benzene rings is 2. The van der Waals surface area contributed by atoms with E-state index in [0.717, 1.165) is 15.8 Å². The maximum Gasteiger partial charge on any atom is 0.234 e. The highest BCUT2D eigenvalue weighted by atomic mass is 35.5. The summed E-state index contributed by atoms with van der Waals surface area (Å²) in [6.45, 7) is 0. The molecule has 24 heavy (non-hydrogen) atoms. The lowest BCUT2D eigenvalue weighted by molar-refractivity contribution is -0.113. The molecule has 0 aromatic heterocycles. The van der Waals surface area contributed by atoms with Gasteiger partial charge < -0.3 is 5.32 Å². The molecule has 4 nitrogen and oxygen atoms in total. The molecule has 2 aromatic rings. The van der Waals surface area contributed by atoms with Crippen molar-refractivity contribution in [1.29, 1.82) is 5.26 Å². The van der Waals surface area contributed by atoms with Gasteiger partial charge in [-0.05, 0) is 29.8 Å². The Kier molecular flexibility index (Phi) is 5.46. The molecule has 1 aliphatic heterocycles. The second-order valence-corrected chi connectivity index (χ2v) is 7.53. The SMILES string of the molecule is N#Cc1ccc(NC(=O)CSC2=Nc3ccccc3CS2)cc1Cl. The van der Waals surface area contributed by atoms with Gasteiger partial charge in [0.25, 0.3) is 0 Å². The first kappa shape index (κ1) is 16.9. The minimum atomic E-state index is -0.136. The molecule has 1 aliphatic rings. The zero-order valence-electron chi connectivity index (χ0n) is 12.5. The summed E-state index contributed by atoms with van der Waals surface area (Å²) in [5.74, 6) is 1.00. The van der Waals surface area contributed by atoms with Crippen molar-refractivity contribution in [2.24, 2.45) is 4.99 Å². The number of carbonyl (C=O) groups is 1. The third-order valence-corrected chi connectivity index (χ3v) is 5.81. The number of para-hydroxylation sites is 1. The first-order valence-corrected chi connectivity index (χ1v) is 9.42. The van der Waals surface area contributed by atoms with Gasteiger partial charge in [-0.1, -0.05) is 53.3 Å². The molecule has 2 aromatic carbocycles. The van der Waals surface area contributed by atoms with E-state index in [1.807, 2.05) is 24.3 Å². The number of amides is 1. The molecule has 1 heterocycles. The number of fused-ring (bicyclic) bond motifs is 1. The lowest BCUT2D eigenvalue weighted by Gasteiger charge is -2.14. The van der Waals surface area contributed by atoms with Gasteiger partial charge in [-0.25, -0.2) is 4.99 Å². The summed E-state index contributed by atoms with van der Waals surface area (Å²) < 4.78 is 0.890. The molecule has 0 radical (unpaired) electrons. The van der Waals surface area contributed by atoms with Crippen LogP contribution in [0.25, 0.3) is 0 Å². The standard InChI is InChI=1S/C17H12ClN3OS2/c18-14-7-13(6-5-11(14)8-19)20-16(22)10-24-17-21-15-4-2-1-3-12(15)9-23-17/h1-7H,9-10H2,(H,20,22). The maximum atomic E-state index is 12.1. The second kappa shape index (κ2) is 7.75. The van der Waals surface area contributed by atoms with E-state index in [1.165, 1.54) is 17.3 Å². The monoisotopic (exact) mass is 373 g/mol. The highest BCUT2D eigenvalue weighted by Gasteiger charge is 2.14. The average Bonchev–Trinajstić information content (AvgIpc) is 2.60. The number of thioether (sulfide) groups is 2. The van der Waals surface area contributed by atoms with Crippen LogP contribution in [0.5, 0.6) is 0 Å². The molecule has 0 aliphatic carbocycles. The van der Waals surface area contributed by atoms with Crippen molar-refractivity contribution in [2.45, 2.75) is 5.75 Å². The van der Waals surface area contributed by atoms with Crippen LogP contribution in [0.15, 0.2) is 47.5 Å². The lowest BCUT2D eigenvalue weighted by atomic mass is 10.2. The van der Waals surface area contributed by atoms with Crippen molar-refractivity contribution >= 4 is 56.8 Å². The summed E-state index contributed by atoms with van der Waals surface area (Å²) in [7, 11) is 0. The Morgan fingerprint density at radius 1 is 1.38 bits per heavy atom. The quantitative estimate of drug-likeness (QED) is 0.837. The Bertz CT molecular complexity index is 861. The molecule has 0 saturated carbocycles. The Labute approximate surface area is 153 Å². The minimum absolute atomic E-state index is 0.136. The lowest BCUT2D eigenvalue weighted by Crippen LogP contribution is -2.15. The van der Waals surface area contributed by atoms with Gasteiger partial charge in [0.15, 0.2) is 0 Å². The smallest absolute Gasteiger partial charge is 0.234 e. The van der Waals surface area contributed by atoms with E-state index in [-0.39, 0.29) is 11.7 Å². The first-order valence-electron chi connectivity index (χ1n) is 7.07. The van der Waals surface area contributed by atoms with E-state index in [0.29, 0.717) is 16.3 Å². The van der Waals surface area contributed by atoms with Crippen LogP contribution in [0.3, 0.4) is 0 Å². The number of rotatable bonds is 3. The van der Waals surface area contributed by atoms with Gasteiger partial charge in [-0.2, -0.15) is 5.26 Å². The predicted molar refractivity (Wildman–Crippen MR) is 102 cm³/mol. The van der Waals surface area contributed by atoms with Crippen molar-refractivity contribution in [3.63, 3.8) is 0 Å². The number of aliphatic imine (C=N–C) groups is 1. The first-order chi connectivity index (χ1) is 11.7. The molecule has 0 saturated heterocycles. The number of anilines is 1. The minimum Gasteiger partial charge on any atom is -0.325 e. The third-order valence-electron chi connectivity index (χ3n) is 3.25. The van der Waals surface area contributed by atoms with Crippen LogP contribution >= 0.6 is 35.1 Å². The van der Waals surface area contributed by atoms with Crippen LogP contribution in [0, 0.1) is 11.3 Å².